The highest BCUT2D eigenvalue weighted by Crippen LogP contribution is 2.43. The Bertz CT molecular complexity index is 1140. The summed E-state index contributed by atoms with van der Waals surface area (Å²) in [7, 11) is -0.746. The van der Waals surface area contributed by atoms with Gasteiger partial charge in [-0.1, -0.05) is 132 Å². The molecule has 0 saturated heterocycles. The maximum Gasteiger partial charge on any atom is 0.472 e. The minimum atomic E-state index is -4.38. The fourth-order valence-electron chi connectivity index (χ4n) is 5.24. The van der Waals surface area contributed by atoms with Crippen molar-refractivity contribution in [1.82, 2.24) is 4.90 Å². The van der Waals surface area contributed by atoms with Crippen molar-refractivity contribution >= 4 is 19.8 Å². The van der Waals surface area contributed by atoms with Crippen molar-refractivity contribution in [1.29, 1.82) is 0 Å². The van der Waals surface area contributed by atoms with Gasteiger partial charge in [-0.3, -0.25) is 18.6 Å². The quantitative estimate of drug-likeness (QED) is 0.0283. The third-order valence-electron chi connectivity index (χ3n) is 8.50. The van der Waals surface area contributed by atoms with E-state index in [4.69, 9.17) is 18.5 Å². The van der Waals surface area contributed by atoms with Gasteiger partial charge in [-0.05, 0) is 97.6 Å². The van der Waals surface area contributed by atoms with E-state index in [1.807, 2.05) is 14.1 Å². The number of esters is 2. The molecule has 0 saturated carbocycles. The number of carbonyl (C=O) groups excluding carboxylic acids is 2. The van der Waals surface area contributed by atoms with Gasteiger partial charge in [0.05, 0.1) is 13.2 Å². The van der Waals surface area contributed by atoms with Crippen LogP contribution in [0.3, 0.4) is 0 Å². The molecule has 0 aromatic heterocycles. The molecular formula is C45H78NO8P. The van der Waals surface area contributed by atoms with Gasteiger partial charge < -0.3 is 19.3 Å². The van der Waals surface area contributed by atoms with Gasteiger partial charge in [0, 0.05) is 19.4 Å². The predicted molar refractivity (Wildman–Crippen MR) is 229 cm³/mol. The van der Waals surface area contributed by atoms with Gasteiger partial charge in [-0.25, -0.2) is 4.57 Å². The van der Waals surface area contributed by atoms with Crippen molar-refractivity contribution in [2.75, 3.05) is 40.5 Å². The maximum absolute atomic E-state index is 12.6. The topological polar surface area (TPSA) is 112 Å². The van der Waals surface area contributed by atoms with Gasteiger partial charge in [0.15, 0.2) is 6.10 Å². The molecule has 0 radical (unpaired) electrons. The number of hydrogen-bond donors (Lipinski definition) is 1. The van der Waals surface area contributed by atoms with Crippen LogP contribution < -0.4 is 0 Å². The van der Waals surface area contributed by atoms with E-state index in [-0.39, 0.29) is 26.1 Å². The SMILES string of the molecule is CC/C=C\C/C=C\C/C=C\C/C=C\CCCCC(=O)OC(COC(=O)CCCCCCCCC/C=C\C/C=C\CCCCC)COP(=O)(O)OCCN(C)C. The third-order valence-corrected chi connectivity index (χ3v) is 9.48. The number of allylic oxidation sites excluding steroid dienone is 12. The van der Waals surface area contributed by atoms with Crippen molar-refractivity contribution in [3.05, 3.63) is 72.9 Å². The average Bonchev–Trinajstić information content (AvgIpc) is 3.15. The molecule has 2 atom stereocenters. The van der Waals surface area contributed by atoms with E-state index in [0.717, 1.165) is 77.0 Å². The van der Waals surface area contributed by atoms with Crippen molar-refractivity contribution < 1.29 is 37.6 Å². The molecule has 0 amide bonds. The van der Waals surface area contributed by atoms with Gasteiger partial charge in [0.25, 0.3) is 0 Å². The van der Waals surface area contributed by atoms with Crippen LogP contribution in [0.15, 0.2) is 72.9 Å². The van der Waals surface area contributed by atoms with Crippen LogP contribution in [0.25, 0.3) is 0 Å². The minimum Gasteiger partial charge on any atom is -0.462 e. The zero-order valence-corrected chi connectivity index (χ0v) is 36.0. The largest absolute Gasteiger partial charge is 0.472 e. The molecule has 2 unspecified atom stereocenters. The first kappa shape index (κ1) is 52.5. The molecule has 1 N–H and O–H groups in total. The summed E-state index contributed by atoms with van der Waals surface area (Å²) in [5.74, 6) is -0.867. The number of carbonyl (C=O) groups is 2. The summed E-state index contributed by atoms with van der Waals surface area (Å²) >= 11 is 0. The number of nitrogens with zero attached hydrogens (tertiary/aromatic N) is 1. The molecule has 0 aliphatic heterocycles. The van der Waals surface area contributed by atoms with Crippen LogP contribution >= 0.6 is 7.82 Å². The summed E-state index contributed by atoms with van der Waals surface area (Å²) in [5.41, 5.74) is 0. The molecule has 0 aliphatic carbocycles. The fraction of sp³-hybridized carbons (Fsp3) is 0.689. The summed E-state index contributed by atoms with van der Waals surface area (Å²) in [5, 5.41) is 0. The molecule has 0 fully saturated rings. The van der Waals surface area contributed by atoms with Crippen LogP contribution in [0.2, 0.25) is 0 Å². The zero-order chi connectivity index (χ0) is 40.5. The molecule has 0 rings (SSSR count). The Hall–Kier alpha value is -2.55. The second-order valence-corrected chi connectivity index (χ2v) is 15.6. The second kappa shape index (κ2) is 39.7. The first-order chi connectivity index (χ1) is 26.7. The number of ether oxygens (including phenoxy) is 2. The van der Waals surface area contributed by atoms with E-state index in [2.05, 4.69) is 86.8 Å². The molecule has 0 bridgehead atoms. The third kappa shape index (κ3) is 40.9. The smallest absolute Gasteiger partial charge is 0.462 e. The predicted octanol–water partition coefficient (Wildman–Crippen LogP) is 12.1. The van der Waals surface area contributed by atoms with Crippen LogP contribution in [-0.4, -0.2) is 68.3 Å². The van der Waals surface area contributed by atoms with Gasteiger partial charge in [0.1, 0.15) is 6.61 Å². The van der Waals surface area contributed by atoms with Crippen LogP contribution in [0.4, 0.5) is 0 Å². The Balaban J connectivity index is 4.39. The number of unbranched alkanes of at least 4 members (excludes halogenated alkanes) is 12. The first-order valence-electron chi connectivity index (χ1n) is 21.2. The number of likely N-dealkylation sites (N-methyl/N-ethyl adjacent to an activating group) is 1. The van der Waals surface area contributed by atoms with E-state index >= 15 is 0 Å². The fourth-order valence-corrected chi connectivity index (χ4v) is 5.98. The number of phosphoric ester groups is 1. The molecular weight excluding hydrogens is 713 g/mol. The molecule has 316 valence electrons. The molecule has 0 spiro atoms. The Kier molecular flexibility index (Phi) is 37.8. The summed E-state index contributed by atoms with van der Waals surface area (Å²) in [6.07, 6.45) is 46.6. The lowest BCUT2D eigenvalue weighted by molar-refractivity contribution is -0.161. The van der Waals surface area contributed by atoms with Gasteiger partial charge in [0.2, 0.25) is 0 Å². The molecule has 55 heavy (non-hydrogen) atoms. The van der Waals surface area contributed by atoms with Crippen molar-refractivity contribution in [2.24, 2.45) is 0 Å². The standard InChI is InChI=1S/C45H78NO8P/c1-5-7-9-11-13-15-17-19-21-22-24-25-27-29-31-33-35-37-44(47)51-41-43(42-53-55(49,50)52-40-39-46(3)4)54-45(48)38-36-34-32-30-28-26-23-20-18-16-14-12-10-8-6-2/h8,10,13-16,19-21,23,28,30,43H,5-7,9,11-12,17-18,22,24-27,29,31-42H2,1-4H3,(H,49,50)/b10-8-,15-13-,16-14-,21-19-,23-20-,30-28-. The average molecular weight is 792 g/mol. The van der Waals surface area contributed by atoms with Crippen molar-refractivity contribution in [2.45, 2.75) is 161 Å². The Labute approximate surface area is 336 Å². The summed E-state index contributed by atoms with van der Waals surface area (Å²) in [6, 6.07) is 0. The molecule has 10 heteroatoms. The van der Waals surface area contributed by atoms with E-state index in [1.165, 1.54) is 44.9 Å². The normalized spacial score (nSPS) is 14.1. The van der Waals surface area contributed by atoms with E-state index in [0.29, 0.717) is 13.0 Å². The van der Waals surface area contributed by atoms with Crippen LogP contribution in [-0.2, 0) is 32.7 Å². The monoisotopic (exact) mass is 792 g/mol. The lowest BCUT2D eigenvalue weighted by Crippen LogP contribution is -2.29. The molecule has 0 heterocycles. The van der Waals surface area contributed by atoms with E-state index in [1.54, 1.807) is 4.90 Å². The zero-order valence-electron chi connectivity index (χ0n) is 35.1. The molecule has 0 aliphatic rings. The first-order valence-corrected chi connectivity index (χ1v) is 22.7. The maximum atomic E-state index is 12.6. The number of hydrogen-bond acceptors (Lipinski definition) is 8. The van der Waals surface area contributed by atoms with Crippen LogP contribution in [0.1, 0.15) is 155 Å². The van der Waals surface area contributed by atoms with Gasteiger partial charge in [-0.2, -0.15) is 0 Å². The van der Waals surface area contributed by atoms with E-state index < -0.39 is 32.5 Å². The number of rotatable bonds is 38. The van der Waals surface area contributed by atoms with E-state index in [9.17, 15) is 19.0 Å². The molecule has 9 nitrogen and oxygen atoms in total. The Morgan fingerprint density at radius 3 is 1.58 bits per heavy atom. The van der Waals surface area contributed by atoms with Crippen LogP contribution in [0.5, 0.6) is 0 Å². The Morgan fingerprint density at radius 1 is 0.582 bits per heavy atom. The summed E-state index contributed by atoms with van der Waals surface area (Å²) in [4.78, 5) is 37.0. The van der Waals surface area contributed by atoms with Crippen molar-refractivity contribution in [3.63, 3.8) is 0 Å². The molecule has 0 aromatic rings. The lowest BCUT2D eigenvalue weighted by atomic mass is 10.1. The Morgan fingerprint density at radius 2 is 1.04 bits per heavy atom. The highest BCUT2D eigenvalue weighted by atomic mass is 31.2. The number of phosphoric acid groups is 1. The summed E-state index contributed by atoms with van der Waals surface area (Å²) < 4.78 is 33.4. The summed E-state index contributed by atoms with van der Waals surface area (Å²) in [6.45, 7) is 4.10. The van der Waals surface area contributed by atoms with Gasteiger partial charge in [-0.15, -0.1) is 0 Å². The molecule has 0 aromatic carbocycles. The van der Waals surface area contributed by atoms with Crippen LogP contribution in [0, 0.1) is 0 Å². The second-order valence-electron chi connectivity index (χ2n) is 14.1. The minimum absolute atomic E-state index is 0.00575. The van der Waals surface area contributed by atoms with Crippen molar-refractivity contribution in [3.8, 4) is 0 Å². The highest BCUT2D eigenvalue weighted by molar-refractivity contribution is 7.47. The lowest BCUT2D eigenvalue weighted by Gasteiger charge is -2.20. The highest BCUT2D eigenvalue weighted by Gasteiger charge is 2.26. The van der Waals surface area contributed by atoms with Gasteiger partial charge >= 0.3 is 19.8 Å².